The van der Waals surface area contributed by atoms with Crippen molar-refractivity contribution in [1.29, 1.82) is 0 Å². The maximum Gasteiger partial charge on any atom is 0.345 e. The molecular weight excluding hydrogens is 525 g/mol. The molecule has 12 heteroatoms. The molecule has 0 atom stereocenters. The Hall–Kier alpha value is -4.05. The fourth-order valence-corrected chi connectivity index (χ4v) is 6.64. The van der Waals surface area contributed by atoms with Crippen molar-refractivity contribution < 1.29 is 22.4 Å². The molecule has 0 spiro atoms. The Balaban J connectivity index is 1.68. The van der Waals surface area contributed by atoms with Crippen LogP contribution in [0.5, 0.6) is 0 Å². The van der Waals surface area contributed by atoms with Gasteiger partial charge in [0.25, 0.3) is 0 Å². The zero-order valence-electron chi connectivity index (χ0n) is 20.8. The van der Waals surface area contributed by atoms with Gasteiger partial charge in [0, 0.05) is 11.6 Å². The molecule has 0 N–H and O–H groups in total. The van der Waals surface area contributed by atoms with Crippen molar-refractivity contribution in [1.82, 2.24) is 29.5 Å². The van der Waals surface area contributed by atoms with Crippen LogP contribution in [0, 0.1) is 11.6 Å². The third-order valence-corrected chi connectivity index (χ3v) is 8.74. The monoisotopic (exact) mass is 550 g/mol. The van der Waals surface area contributed by atoms with E-state index in [1.807, 2.05) is 60.7 Å². The van der Waals surface area contributed by atoms with Gasteiger partial charge in [-0.3, -0.25) is 13.9 Å². The average molecular weight is 551 g/mol. The lowest BCUT2D eigenvalue weighted by Crippen LogP contribution is -2.39. The van der Waals surface area contributed by atoms with Gasteiger partial charge >= 0.3 is 7.60 Å². The number of benzene rings is 3. The molecule has 0 amide bonds. The zero-order valence-corrected chi connectivity index (χ0v) is 21.6. The standard InChI is InChI=1S/C27H25F2N6O3P/c28-24-11-12-25(26(29)13-24)27(16-34-20-30-18-32-34,17-35-21-31-19-33-35)39(36,37-14-22-7-3-1-4-8-22)38-15-23-9-5-2-6-10-23/h1-13,18-21H,14-17H2. The summed E-state index contributed by atoms with van der Waals surface area (Å²) in [6, 6.07) is 21.4. The van der Waals surface area contributed by atoms with Gasteiger partial charge in [0.05, 0.1) is 26.3 Å². The zero-order chi connectivity index (χ0) is 27.1. The fourth-order valence-electron chi connectivity index (χ4n) is 4.32. The fraction of sp³-hybridized carbons (Fsp3) is 0.185. The molecule has 3 aromatic carbocycles. The van der Waals surface area contributed by atoms with Crippen LogP contribution in [0.15, 0.2) is 104 Å². The summed E-state index contributed by atoms with van der Waals surface area (Å²) in [5, 5.41) is 6.60. The smallest absolute Gasteiger partial charge is 0.303 e. The summed E-state index contributed by atoms with van der Waals surface area (Å²) >= 11 is 0. The van der Waals surface area contributed by atoms with Crippen molar-refractivity contribution in [3.05, 3.63) is 132 Å². The van der Waals surface area contributed by atoms with Crippen molar-refractivity contribution in [2.24, 2.45) is 0 Å². The summed E-state index contributed by atoms with van der Waals surface area (Å²) < 4.78 is 60.2. The second kappa shape index (κ2) is 11.8. The van der Waals surface area contributed by atoms with Gasteiger partial charge < -0.3 is 9.05 Å². The molecule has 0 aliphatic rings. The van der Waals surface area contributed by atoms with E-state index in [4.69, 9.17) is 9.05 Å². The topological polar surface area (TPSA) is 97.0 Å². The summed E-state index contributed by atoms with van der Waals surface area (Å²) in [6.45, 7) is -0.551. The van der Waals surface area contributed by atoms with Crippen LogP contribution >= 0.6 is 7.60 Å². The van der Waals surface area contributed by atoms with Crippen LogP contribution in [-0.2, 0) is 45.1 Å². The van der Waals surface area contributed by atoms with Gasteiger partial charge in [-0.25, -0.2) is 18.7 Å². The number of hydrogen-bond acceptors (Lipinski definition) is 7. The van der Waals surface area contributed by atoms with E-state index in [1.54, 1.807) is 0 Å². The van der Waals surface area contributed by atoms with E-state index in [9.17, 15) is 4.39 Å². The Morgan fingerprint density at radius 1 is 0.744 bits per heavy atom. The summed E-state index contributed by atoms with van der Waals surface area (Å²) in [6.07, 6.45) is 5.44. The van der Waals surface area contributed by atoms with Crippen LogP contribution < -0.4 is 0 Å². The molecule has 2 heterocycles. The molecule has 0 fully saturated rings. The summed E-state index contributed by atoms with van der Waals surface area (Å²) in [5.74, 6) is -1.70. The SMILES string of the molecule is O=P(OCc1ccccc1)(OCc1ccccc1)C(Cn1cncn1)(Cn1cncn1)c1ccc(F)cc1F. The Morgan fingerprint density at radius 3 is 1.69 bits per heavy atom. The van der Waals surface area contributed by atoms with E-state index >= 15 is 8.96 Å². The van der Waals surface area contributed by atoms with E-state index in [2.05, 4.69) is 20.2 Å². The molecule has 0 aliphatic carbocycles. The highest BCUT2D eigenvalue weighted by molar-refractivity contribution is 7.55. The summed E-state index contributed by atoms with van der Waals surface area (Å²) in [5.41, 5.74) is 1.38. The minimum Gasteiger partial charge on any atom is -0.303 e. The first-order valence-electron chi connectivity index (χ1n) is 12.0. The Kier molecular flexibility index (Phi) is 8.02. The summed E-state index contributed by atoms with van der Waals surface area (Å²) in [4.78, 5) is 7.99. The molecule has 9 nitrogen and oxygen atoms in total. The van der Waals surface area contributed by atoms with E-state index in [-0.39, 0.29) is 31.9 Å². The maximum atomic E-state index is 15.7. The molecule has 0 saturated heterocycles. The maximum absolute atomic E-state index is 15.7. The minimum atomic E-state index is -4.38. The average Bonchev–Trinajstić information content (AvgIpc) is 3.66. The van der Waals surface area contributed by atoms with E-state index in [0.29, 0.717) is 0 Å². The molecule has 2 aromatic heterocycles. The molecule has 0 unspecified atom stereocenters. The molecule has 0 saturated carbocycles. The van der Waals surface area contributed by atoms with Gasteiger partial charge in [-0.2, -0.15) is 10.2 Å². The molecular formula is C27H25F2N6O3P. The van der Waals surface area contributed by atoms with Crippen LogP contribution in [0.25, 0.3) is 0 Å². The Morgan fingerprint density at radius 2 is 1.26 bits per heavy atom. The van der Waals surface area contributed by atoms with Gasteiger partial charge in [0.2, 0.25) is 0 Å². The number of aromatic nitrogens is 6. The number of rotatable bonds is 12. The molecule has 200 valence electrons. The lowest BCUT2D eigenvalue weighted by molar-refractivity contribution is 0.154. The first-order chi connectivity index (χ1) is 19.0. The summed E-state index contributed by atoms with van der Waals surface area (Å²) in [7, 11) is -4.38. The Labute approximate surface area is 223 Å². The van der Waals surface area contributed by atoms with Gasteiger partial charge in [0.1, 0.15) is 42.1 Å². The van der Waals surface area contributed by atoms with Crippen molar-refractivity contribution in [2.45, 2.75) is 31.5 Å². The first-order valence-corrected chi connectivity index (χ1v) is 13.6. The molecule has 0 radical (unpaired) electrons. The Bertz CT molecular complexity index is 1440. The highest BCUT2D eigenvalue weighted by Crippen LogP contribution is 2.67. The highest BCUT2D eigenvalue weighted by Gasteiger charge is 2.55. The predicted molar refractivity (Wildman–Crippen MR) is 138 cm³/mol. The van der Waals surface area contributed by atoms with Crippen molar-refractivity contribution in [3.63, 3.8) is 0 Å². The second-order valence-corrected chi connectivity index (χ2v) is 11.2. The molecule has 5 aromatic rings. The van der Waals surface area contributed by atoms with Crippen LogP contribution in [0.4, 0.5) is 8.78 Å². The normalized spacial score (nSPS) is 12.1. The first kappa shape index (κ1) is 26.6. The molecule has 5 rings (SSSR count). The van der Waals surface area contributed by atoms with Crippen LogP contribution in [0.3, 0.4) is 0 Å². The van der Waals surface area contributed by atoms with Crippen LogP contribution in [-0.4, -0.2) is 29.5 Å². The molecule has 0 aliphatic heterocycles. The van der Waals surface area contributed by atoms with Crippen molar-refractivity contribution >= 4 is 7.60 Å². The minimum absolute atomic E-state index is 0.0839. The van der Waals surface area contributed by atoms with Crippen LogP contribution in [0.1, 0.15) is 16.7 Å². The lowest BCUT2D eigenvalue weighted by atomic mass is 9.97. The van der Waals surface area contributed by atoms with Gasteiger partial charge in [-0.05, 0) is 17.2 Å². The lowest BCUT2D eigenvalue weighted by Gasteiger charge is -2.39. The number of nitrogens with zero attached hydrogens (tertiary/aromatic N) is 6. The van der Waals surface area contributed by atoms with E-state index in [1.165, 1.54) is 40.7 Å². The number of halogens is 2. The highest BCUT2D eigenvalue weighted by atomic mass is 31.2. The third-order valence-electron chi connectivity index (χ3n) is 6.23. The number of hydrogen-bond donors (Lipinski definition) is 0. The van der Waals surface area contributed by atoms with Crippen LogP contribution in [0.2, 0.25) is 0 Å². The second-order valence-electron chi connectivity index (χ2n) is 8.86. The predicted octanol–water partition coefficient (Wildman–Crippen LogP) is 5.37. The van der Waals surface area contributed by atoms with Gasteiger partial charge in [0.15, 0.2) is 0 Å². The van der Waals surface area contributed by atoms with Gasteiger partial charge in [-0.1, -0.05) is 66.7 Å². The third kappa shape index (κ3) is 6.01. The van der Waals surface area contributed by atoms with Crippen molar-refractivity contribution in [3.8, 4) is 0 Å². The molecule has 0 bridgehead atoms. The van der Waals surface area contributed by atoms with E-state index < -0.39 is 24.4 Å². The van der Waals surface area contributed by atoms with E-state index in [0.717, 1.165) is 23.3 Å². The molecule has 39 heavy (non-hydrogen) atoms. The largest absolute Gasteiger partial charge is 0.345 e. The van der Waals surface area contributed by atoms with Gasteiger partial charge in [-0.15, -0.1) is 0 Å². The van der Waals surface area contributed by atoms with Crippen molar-refractivity contribution in [2.75, 3.05) is 0 Å². The quantitative estimate of drug-likeness (QED) is 0.193.